The predicted octanol–water partition coefficient (Wildman–Crippen LogP) is 3.07. The Balaban J connectivity index is 2.85. The molecule has 1 heterocycles. The van der Waals surface area contributed by atoms with Crippen molar-refractivity contribution in [1.29, 1.82) is 0 Å². The molecule has 1 aromatic rings. The van der Waals surface area contributed by atoms with Crippen LogP contribution in [0.25, 0.3) is 0 Å². The molecule has 6 heteroatoms. The summed E-state index contributed by atoms with van der Waals surface area (Å²) >= 11 is 1.15. The van der Waals surface area contributed by atoms with Gasteiger partial charge in [-0.15, -0.1) is 11.3 Å². The molecular weight excluding hydrogens is 288 g/mol. The van der Waals surface area contributed by atoms with Gasteiger partial charge in [-0.2, -0.15) is 0 Å². The number of aromatic nitrogens is 1. The van der Waals surface area contributed by atoms with E-state index in [1.54, 1.807) is 17.2 Å². The van der Waals surface area contributed by atoms with Crippen molar-refractivity contribution in [3.8, 4) is 0 Å². The van der Waals surface area contributed by atoms with Crippen LogP contribution in [-0.4, -0.2) is 41.5 Å². The first kappa shape index (κ1) is 17.6. The molecule has 0 aliphatic heterocycles. The molecule has 0 aliphatic rings. The van der Waals surface area contributed by atoms with E-state index < -0.39 is 5.97 Å². The van der Waals surface area contributed by atoms with Crippen LogP contribution in [0.4, 0.5) is 0 Å². The number of hydrogen-bond acceptors (Lipinski definition) is 5. The second-order valence-corrected chi connectivity index (χ2v) is 6.61. The lowest BCUT2D eigenvalue weighted by Gasteiger charge is -2.25. The summed E-state index contributed by atoms with van der Waals surface area (Å²) in [4.78, 5) is 30.1. The molecule has 0 bridgehead atoms. The number of ether oxygens (including phenoxy) is 1. The summed E-state index contributed by atoms with van der Waals surface area (Å²) in [5.74, 6) is 0.178. The Morgan fingerprint density at radius 1 is 1.24 bits per heavy atom. The number of amides is 1. The standard InChI is InChI=1S/C15H24N2O3S/c1-6-20-15(19)13-16-12(9-21-13)14(18)17(7-10(2)3)8-11(4)5/h9-11H,6-8H2,1-5H3. The zero-order valence-electron chi connectivity index (χ0n) is 13.4. The first-order valence-electron chi connectivity index (χ1n) is 7.27. The normalized spacial score (nSPS) is 11.0. The summed E-state index contributed by atoms with van der Waals surface area (Å²) in [7, 11) is 0. The zero-order chi connectivity index (χ0) is 16.0. The summed E-state index contributed by atoms with van der Waals surface area (Å²) in [6.07, 6.45) is 0. The molecule has 0 saturated heterocycles. The number of hydrogen-bond donors (Lipinski definition) is 0. The Kier molecular flexibility index (Phi) is 6.81. The molecule has 0 atom stereocenters. The highest BCUT2D eigenvalue weighted by molar-refractivity contribution is 7.11. The fourth-order valence-corrected chi connectivity index (χ4v) is 2.63. The smallest absolute Gasteiger partial charge is 0.367 e. The predicted molar refractivity (Wildman–Crippen MR) is 83.7 cm³/mol. The van der Waals surface area contributed by atoms with E-state index in [1.165, 1.54) is 0 Å². The van der Waals surface area contributed by atoms with E-state index in [0.717, 1.165) is 11.3 Å². The van der Waals surface area contributed by atoms with Crippen LogP contribution in [0.15, 0.2) is 5.38 Å². The molecule has 1 amide bonds. The van der Waals surface area contributed by atoms with Crippen molar-refractivity contribution < 1.29 is 14.3 Å². The van der Waals surface area contributed by atoms with E-state index in [-0.39, 0.29) is 10.9 Å². The molecule has 0 aliphatic carbocycles. The van der Waals surface area contributed by atoms with E-state index in [4.69, 9.17) is 4.74 Å². The lowest BCUT2D eigenvalue weighted by Crippen LogP contribution is -2.37. The van der Waals surface area contributed by atoms with Crippen molar-refractivity contribution in [2.45, 2.75) is 34.6 Å². The molecule has 118 valence electrons. The third kappa shape index (κ3) is 5.46. The van der Waals surface area contributed by atoms with Crippen LogP contribution < -0.4 is 0 Å². The van der Waals surface area contributed by atoms with Crippen LogP contribution >= 0.6 is 11.3 Å². The highest BCUT2D eigenvalue weighted by atomic mass is 32.1. The first-order valence-corrected chi connectivity index (χ1v) is 8.15. The van der Waals surface area contributed by atoms with Crippen LogP contribution in [0.1, 0.15) is 54.9 Å². The van der Waals surface area contributed by atoms with Crippen LogP contribution in [0.5, 0.6) is 0 Å². The molecule has 5 nitrogen and oxygen atoms in total. The Hall–Kier alpha value is -1.43. The van der Waals surface area contributed by atoms with Crippen molar-refractivity contribution in [1.82, 2.24) is 9.88 Å². The van der Waals surface area contributed by atoms with Gasteiger partial charge in [0.05, 0.1) is 6.61 Å². The van der Waals surface area contributed by atoms with E-state index in [2.05, 4.69) is 32.7 Å². The van der Waals surface area contributed by atoms with Gasteiger partial charge in [-0.1, -0.05) is 27.7 Å². The van der Waals surface area contributed by atoms with Gasteiger partial charge in [0.2, 0.25) is 5.01 Å². The molecule has 1 aromatic heterocycles. The van der Waals surface area contributed by atoms with E-state index in [0.29, 0.717) is 37.2 Å². The Morgan fingerprint density at radius 2 is 1.81 bits per heavy atom. The molecule has 0 fully saturated rings. The van der Waals surface area contributed by atoms with Crippen LogP contribution in [0.2, 0.25) is 0 Å². The number of esters is 1. The van der Waals surface area contributed by atoms with Gasteiger partial charge in [-0.3, -0.25) is 4.79 Å². The number of carbonyl (C=O) groups is 2. The Morgan fingerprint density at radius 3 is 2.29 bits per heavy atom. The topological polar surface area (TPSA) is 59.5 Å². The van der Waals surface area contributed by atoms with Crippen LogP contribution in [0.3, 0.4) is 0 Å². The summed E-state index contributed by atoms with van der Waals surface area (Å²) < 4.78 is 4.89. The van der Waals surface area contributed by atoms with Gasteiger partial charge in [-0.05, 0) is 18.8 Å². The Bertz CT molecular complexity index is 473. The monoisotopic (exact) mass is 312 g/mol. The molecular formula is C15H24N2O3S. The molecule has 0 N–H and O–H groups in total. The van der Waals surface area contributed by atoms with Crippen molar-refractivity contribution in [3.05, 3.63) is 16.1 Å². The highest BCUT2D eigenvalue weighted by Crippen LogP contribution is 2.15. The van der Waals surface area contributed by atoms with E-state index in [1.807, 2.05) is 0 Å². The quantitative estimate of drug-likeness (QED) is 0.726. The van der Waals surface area contributed by atoms with Gasteiger partial charge in [-0.25, -0.2) is 9.78 Å². The fraction of sp³-hybridized carbons (Fsp3) is 0.667. The number of thiazole rings is 1. The van der Waals surface area contributed by atoms with Gasteiger partial charge in [0.25, 0.3) is 5.91 Å². The minimum Gasteiger partial charge on any atom is -0.461 e. The minimum absolute atomic E-state index is 0.121. The molecule has 0 spiro atoms. The molecule has 0 saturated carbocycles. The van der Waals surface area contributed by atoms with Crippen molar-refractivity contribution in [2.24, 2.45) is 11.8 Å². The largest absolute Gasteiger partial charge is 0.461 e. The number of nitrogens with zero attached hydrogens (tertiary/aromatic N) is 2. The van der Waals surface area contributed by atoms with Gasteiger partial charge < -0.3 is 9.64 Å². The first-order chi connectivity index (χ1) is 9.85. The molecule has 0 radical (unpaired) electrons. The fourth-order valence-electron chi connectivity index (χ4n) is 1.94. The second kappa shape index (κ2) is 8.12. The van der Waals surface area contributed by atoms with Crippen LogP contribution in [-0.2, 0) is 4.74 Å². The SMILES string of the molecule is CCOC(=O)c1nc(C(=O)N(CC(C)C)CC(C)C)cs1. The third-order valence-electron chi connectivity index (χ3n) is 2.63. The maximum atomic E-state index is 12.5. The minimum atomic E-state index is -0.471. The molecule has 0 aromatic carbocycles. The molecule has 0 unspecified atom stereocenters. The third-order valence-corrected chi connectivity index (χ3v) is 3.45. The van der Waals surface area contributed by atoms with E-state index in [9.17, 15) is 9.59 Å². The average Bonchev–Trinajstić information content (AvgIpc) is 2.85. The summed E-state index contributed by atoms with van der Waals surface area (Å²) in [5, 5.41) is 1.86. The lowest BCUT2D eigenvalue weighted by atomic mass is 10.1. The Labute approximate surface area is 130 Å². The maximum Gasteiger partial charge on any atom is 0.367 e. The average molecular weight is 312 g/mol. The number of carbonyl (C=O) groups excluding carboxylic acids is 2. The summed E-state index contributed by atoms with van der Waals surface area (Å²) in [6, 6.07) is 0. The van der Waals surface area contributed by atoms with Gasteiger partial charge in [0, 0.05) is 18.5 Å². The summed E-state index contributed by atoms with van der Waals surface area (Å²) in [6.45, 7) is 11.7. The second-order valence-electron chi connectivity index (χ2n) is 5.76. The number of rotatable bonds is 7. The van der Waals surface area contributed by atoms with Crippen LogP contribution in [0, 0.1) is 11.8 Å². The van der Waals surface area contributed by atoms with Gasteiger partial charge >= 0.3 is 5.97 Å². The maximum absolute atomic E-state index is 12.5. The van der Waals surface area contributed by atoms with Crippen molar-refractivity contribution in [2.75, 3.05) is 19.7 Å². The van der Waals surface area contributed by atoms with Gasteiger partial charge in [0.1, 0.15) is 5.69 Å². The summed E-state index contributed by atoms with van der Waals surface area (Å²) in [5.41, 5.74) is 0.323. The van der Waals surface area contributed by atoms with Crippen molar-refractivity contribution in [3.63, 3.8) is 0 Å². The van der Waals surface area contributed by atoms with Gasteiger partial charge in [0.15, 0.2) is 0 Å². The zero-order valence-corrected chi connectivity index (χ0v) is 14.2. The van der Waals surface area contributed by atoms with E-state index >= 15 is 0 Å². The lowest BCUT2D eigenvalue weighted by molar-refractivity contribution is 0.0525. The van der Waals surface area contributed by atoms with Crippen molar-refractivity contribution >= 4 is 23.2 Å². The molecule has 1 rings (SSSR count). The molecule has 21 heavy (non-hydrogen) atoms. The highest BCUT2D eigenvalue weighted by Gasteiger charge is 2.22.